The van der Waals surface area contributed by atoms with Gasteiger partial charge in [-0.1, -0.05) is 19.4 Å². The lowest BCUT2D eigenvalue weighted by Crippen LogP contribution is -2.50. The first-order valence-electron chi connectivity index (χ1n) is 7.73. The first kappa shape index (κ1) is 19.3. The van der Waals surface area contributed by atoms with Crippen LogP contribution in [0.4, 0.5) is 0 Å². The Kier molecular flexibility index (Phi) is 8.27. The summed E-state index contributed by atoms with van der Waals surface area (Å²) in [7, 11) is 0.275. The second kappa shape index (κ2) is 9.42. The Morgan fingerprint density at radius 2 is 1.91 bits per heavy atom. The molecule has 1 saturated carbocycles. The SMILES string of the molecule is C=C(C)C(=O)OCCC[Si](OC)(OC)OC1CCCCC1O. The van der Waals surface area contributed by atoms with Crippen molar-refractivity contribution in [2.24, 2.45) is 0 Å². The highest BCUT2D eigenvalue weighted by molar-refractivity contribution is 6.60. The quantitative estimate of drug-likeness (QED) is 0.301. The molecule has 0 saturated heterocycles. The van der Waals surface area contributed by atoms with Gasteiger partial charge in [0.15, 0.2) is 0 Å². The molecule has 1 fully saturated rings. The van der Waals surface area contributed by atoms with Gasteiger partial charge in [0.25, 0.3) is 0 Å². The van der Waals surface area contributed by atoms with Crippen molar-refractivity contribution in [1.29, 1.82) is 0 Å². The highest BCUT2D eigenvalue weighted by Gasteiger charge is 2.43. The fraction of sp³-hybridized carbons (Fsp3) is 0.800. The van der Waals surface area contributed by atoms with Crippen LogP contribution < -0.4 is 0 Å². The van der Waals surface area contributed by atoms with Crippen LogP contribution in [0.5, 0.6) is 0 Å². The minimum absolute atomic E-state index is 0.238. The van der Waals surface area contributed by atoms with Gasteiger partial charge >= 0.3 is 14.8 Å². The molecule has 0 bridgehead atoms. The molecule has 0 aliphatic heterocycles. The third-order valence-electron chi connectivity index (χ3n) is 3.83. The largest absolute Gasteiger partial charge is 0.500 e. The Morgan fingerprint density at radius 3 is 2.45 bits per heavy atom. The Labute approximate surface area is 133 Å². The smallest absolute Gasteiger partial charge is 0.462 e. The Morgan fingerprint density at radius 1 is 1.27 bits per heavy atom. The van der Waals surface area contributed by atoms with Gasteiger partial charge in [-0.3, -0.25) is 0 Å². The molecule has 0 radical (unpaired) electrons. The van der Waals surface area contributed by atoms with Crippen LogP contribution in [-0.2, 0) is 22.8 Å². The van der Waals surface area contributed by atoms with Gasteiger partial charge in [-0.05, 0) is 26.2 Å². The molecule has 6 nitrogen and oxygen atoms in total. The zero-order valence-electron chi connectivity index (χ0n) is 13.8. The van der Waals surface area contributed by atoms with Crippen LogP contribution in [0.25, 0.3) is 0 Å². The summed E-state index contributed by atoms with van der Waals surface area (Å²) in [6.45, 7) is 5.41. The molecule has 0 amide bonds. The highest BCUT2D eigenvalue weighted by atomic mass is 28.4. The van der Waals surface area contributed by atoms with E-state index in [-0.39, 0.29) is 12.7 Å². The summed E-state index contributed by atoms with van der Waals surface area (Å²) in [5.41, 5.74) is 0.378. The van der Waals surface area contributed by atoms with Crippen LogP contribution in [0.3, 0.4) is 0 Å². The standard InChI is InChI=1S/C15H28O6Si/c1-12(2)15(17)20-10-7-11-22(18-3,19-4)21-14-9-6-5-8-13(14)16/h13-14,16H,1,5-11H2,2-4H3. The van der Waals surface area contributed by atoms with Gasteiger partial charge in [0, 0.05) is 25.8 Å². The van der Waals surface area contributed by atoms with Gasteiger partial charge in [-0.25, -0.2) is 4.79 Å². The lowest BCUT2D eigenvalue weighted by Gasteiger charge is -2.35. The van der Waals surface area contributed by atoms with Crippen molar-refractivity contribution in [1.82, 2.24) is 0 Å². The van der Waals surface area contributed by atoms with Gasteiger partial charge in [-0.15, -0.1) is 0 Å². The predicted molar refractivity (Wildman–Crippen MR) is 84.3 cm³/mol. The molecule has 1 N–H and O–H groups in total. The summed E-state index contributed by atoms with van der Waals surface area (Å²) < 4.78 is 22.1. The van der Waals surface area contributed by atoms with Crippen LogP contribution in [0.1, 0.15) is 39.0 Å². The van der Waals surface area contributed by atoms with Gasteiger partial charge < -0.3 is 23.1 Å². The van der Waals surface area contributed by atoms with Gasteiger partial charge in [0.1, 0.15) is 0 Å². The summed E-state index contributed by atoms with van der Waals surface area (Å²) in [4.78, 5) is 11.3. The van der Waals surface area contributed by atoms with E-state index < -0.39 is 20.9 Å². The summed E-state index contributed by atoms with van der Waals surface area (Å²) in [5.74, 6) is -0.397. The average Bonchev–Trinajstić information content (AvgIpc) is 2.52. The minimum atomic E-state index is -2.85. The molecule has 22 heavy (non-hydrogen) atoms. The summed E-state index contributed by atoms with van der Waals surface area (Å²) in [6.07, 6.45) is 3.50. The zero-order valence-corrected chi connectivity index (χ0v) is 14.8. The lowest BCUT2D eigenvalue weighted by atomic mass is 9.95. The van der Waals surface area contributed by atoms with Crippen molar-refractivity contribution in [3.63, 3.8) is 0 Å². The van der Waals surface area contributed by atoms with Crippen LogP contribution in [0, 0.1) is 0 Å². The molecule has 128 valence electrons. The van der Waals surface area contributed by atoms with Crippen molar-refractivity contribution in [2.75, 3.05) is 20.8 Å². The maximum atomic E-state index is 11.3. The maximum absolute atomic E-state index is 11.3. The molecule has 1 rings (SSSR count). The number of carbonyl (C=O) groups is 1. The number of hydrogen-bond donors (Lipinski definition) is 1. The van der Waals surface area contributed by atoms with Crippen molar-refractivity contribution in [3.8, 4) is 0 Å². The first-order chi connectivity index (χ1) is 10.4. The first-order valence-corrected chi connectivity index (χ1v) is 9.66. The maximum Gasteiger partial charge on any atom is 0.500 e. The molecule has 2 unspecified atom stereocenters. The fourth-order valence-electron chi connectivity index (χ4n) is 2.46. The molecule has 1 aliphatic rings. The predicted octanol–water partition coefficient (Wildman–Crippen LogP) is 2.05. The number of rotatable bonds is 9. The number of aliphatic hydroxyl groups excluding tert-OH is 1. The van der Waals surface area contributed by atoms with E-state index in [0.717, 1.165) is 25.7 Å². The summed E-state index contributed by atoms with van der Waals surface area (Å²) >= 11 is 0. The number of carbonyl (C=O) groups excluding carboxylic acids is 1. The molecule has 2 atom stereocenters. The Bertz CT molecular complexity index is 369. The van der Waals surface area contributed by atoms with E-state index in [1.165, 1.54) is 0 Å². The lowest BCUT2D eigenvalue weighted by molar-refractivity contribution is -0.139. The molecule has 0 aromatic heterocycles. The van der Waals surface area contributed by atoms with E-state index in [1.54, 1.807) is 21.1 Å². The molecule has 0 heterocycles. The van der Waals surface area contributed by atoms with Crippen LogP contribution >= 0.6 is 0 Å². The van der Waals surface area contributed by atoms with Crippen LogP contribution in [0.2, 0.25) is 6.04 Å². The fourth-order valence-corrected chi connectivity index (χ4v) is 4.66. The second-order valence-electron chi connectivity index (χ2n) is 5.62. The molecular weight excluding hydrogens is 304 g/mol. The van der Waals surface area contributed by atoms with E-state index in [4.69, 9.17) is 18.0 Å². The van der Waals surface area contributed by atoms with Gasteiger partial charge in [-0.2, -0.15) is 0 Å². The van der Waals surface area contributed by atoms with E-state index in [1.807, 2.05) is 0 Å². The third kappa shape index (κ3) is 5.81. The van der Waals surface area contributed by atoms with Crippen LogP contribution in [0.15, 0.2) is 12.2 Å². The molecule has 1 aliphatic carbocycles. The molecule has 7 heteroatoms. The Balaban J connectivity index is 2.48. The van der Waals surface area contributed by atoms with Gasteiger partial charge in [0.2, 0.25) is 0 Å². The normalized spacial score (nSPS) is 22.4. The van der Waals surface area contributed by atoms with E-state index in [0.29, 0.717) is 18.0 Å². The number of hydrogen-bond acceptors (Lipinski definition) is 6. The number of aliphatic hydroxyl groups is 1. The van der Waals surface area contributed by atoms with E-state index in [9.17, 15) is 9.90 Å². The Hall–Kier alpha value is -0.733. The zero-order chi connectivity index (χ0) is 16.6. The summed E-state index contributed by atoms with van der Waals surface area (Å²) in [6, 6.07) is 0.534. The van der Waals surface area contributed by atoms with Crippen molar-refractivity contribution >= 4 is 14.8 Å². The highest BCUT2D eigenvalue weighted by Crippen LogP contribution is 2.27. The monoisotopic (exact) mass is 332 g/mol. The van der Waals surface area contributed by atoms with Crippen molar-refractivity contribution < 1.29 is 27.9 Å². The van der Waals surface area contributed by atoms with Gasteiger partial charge in [0.05, 0.1) is 18.8 Å². The second-order valence-corrected chi connectivity index (χ2v) is 8.54. The number of esters is 1. The van der Waals surface area contributed by atoms with Crippen LogP contribution in [-0.4, -0.2) is 52.9 Å². The van der Waals surface area contributed by atoms with Crippen molar-refractivity contribution in [2.45, 2.75) is 57.3 Å². The van der Waals surface area contributed by atoms with E-state index in [2.05, 4.69) is 6.58 Å². The van der Waals surface area contributed by atoms with E-state index >= 15 is 0 Å². The summed E-state index contributed by atoms with van der Waals surface area (Å²) in [5, 5.41) is 10.0. The third-order valence-corrected chi connectivity index (χ3v) is 6.70. The molecule has 0 spiro atoms. The topological polar surface area (TPSA) is 74.2 Å². The van der Waals surface area contributed by atoms with Crippen molar-refractivity contribution in [3.05, 3.63) is 12.2 Å². The molecule has 0 aromatic rings. The minimum Gasteiger partial charge on any atom is -0.462 e. The molecular formula is C15H28O6Si. The average molecular weight is 332 g/mol. The number of ether oxygens (including phenoxy) is 1. The molecule has 0 aromatic carbocycles.